The Labute approximate surface area is 215 Å². The molecular weight excluding hydrogens is 505 g/mol. The third-order valence-electron chi connectivity index (χ3n) is 5.24. The molecule has 0 aliphatic heterocycles. The number of amides is 2. The average Bonchev–Trinajstić information content (AvgIpc) is 2.87. The number of urea groups is 1. The van der Waals surface area contributed by atoms with Crippen molar-refractivity contribution < 1.29 is 14.7 Å². The first-order valence-corrected chi connectivity index (χ1v) is 11.5. The van der Waals surface area contributed by atoms with Crippen molar-refractivity contribution in [1.82, 2.24) is 14.8 Å². The predicted molar refractivity (Wildman–Crippen MR) is 139 cm³/mol. The Morgan fingerprint density at radius 3 is 2.25 bits per heavy atom. The van der Waals surface area contributed by atoms with Crippen LogP contribution in [0, 0.1) is 0 Å². The number of pyridine rings is 1. The quantitative estimate of drug-likeness (QED) is 0.300. The number of hydrogen-bond acceptors (Lipinski definition) is 5. The highest BCUT2D eigenvalue weighted by Crippen LogP contribution is 2.29. The number of halogens is 2. The lowest BCUT2D eigenvalue weighted by Gasteiger charge is -2.13. The molecule has 0 aliphatic carbocycles. The van der Waals surface area contributed by atoms with E-state index in [2.05, 4.69) is 20.7 Å². The van der Waals surface area contributed by atoms with Crippen molar-refractivity contribution in [3.8, 4) is 22.4 Å². The van der Waals surface area contributed by atoms with Crippen molar-refractivity contribution >= 4 is 46.6 Å². The molecule has 0 unspecified atom stereocenters. The van der Waals surface area contributed by atoms with E-state index < -0.39 is 17.6 Å². The Morgan fingerprint density at radius 2 is 1.61 bits per heavy atom. The number of anilines is 2. The van der Waals surface area contributed by atoms with Crippen LogP contribution in [0.5, 0.6) is 0 Å². The van der Waals surface area contributed by atoms with E-state index in [0.29, 0.717) is 11.3 Å². The second-order valence-electron chi connectivity index (χ2n) is 7.58. The monoisotopic (exact) mass is 523 g/mol. The number of carboxylic acids is 1. The van der Waals surface area contributed by atoms with Crippen LogP contribution in [0.15, 0.2) is 71.8 Å². The lowest BCUT2D eigenvalue weighted by atomic mass is 10.0. The molecule has 0 spiro atoms. The maximum absolute atomic E-state index is 12.8. The standard InChI is InChI=1S/C25H19Cl2N5O4/c1-2-32-23(33)21(29-25(36)30-22-18(26)12-28-13-19(22)27)11-20(31-32)17-5-3-4-16(10-17)14-6-8-15(9-7-14)24(34)35/h3-13H,2H2,1H3,(H,34,35)(H2,28,29,30,36). The van der Waals surface area contributed by atoms with Crippen molar-refractivity contribution in [2.75, 3.05) is 10.6 Å². The number of benzene rings is 2. The largest absolute Gasteiger partial charge is 0.478 e. The maximum atomic E-state index is 12.8. The van der Waals surface area contributed by atoms with Crippen LogP contribution in [0.2, 0.25) is 10.0 Å². The van der Waals surface area contributed by atoms with E-state index in [0.717, 1.165) is 11.1 Å². The second kappa shape index (κ2) is 10.6. The molecule has 0 radical (unpaired) electrons. The van der Waals surface area contributed by atoms with Crippen LogP contribution in [0.1, 0.15) is 17.3 Å². The van der Waals surface area contributed by atoms with Gasteiger partial charge in [0.05, 0.1) is 27.0 Å². The summed E-state index contributed by atoms with van der Waals surface area (Å²) in [5, 5.41) is 18.9. The van der Waals surface area contributed by atoms with Crippen molar-refractivity contribution in [1.29, 1.82) is 0 Å². The normalized spacial score (nSPS) is 10.6. The number of aryl methyl sites for hydroxylation is 1. The zero-order valence-corrected chi connectivity index (χ0v) is 20.3. The summed E-state index contributed by atoms with van der Waals surface area (Å²) in [5.74, 6) is -1.00. The number of nitrogens with one attached hydrogen (secondary N) is 2. The molecule has 4 rings (SSSR count). The fraction of sp³-hybridized carbons (Fsp3) is 0.0800. The van der Waals surface area contributed by atoms with E-state index in [-0.39, 0.29) is 33.5 Å². The summed E-state index contributed by atoms with van der Waals surface area (Å²) in [6, 6.07) is 14.7. The van der Waals surface area contributed by atoms with Crippen LogP contribution in [0.3, 0.4) is 0 Å². The molecule has 0 atom stereocenters. The van der Waals surface area contributed by atoms with Gasteiger partial charge in [0, 0.05) is 24.5 Å². The molecule has 3 N–H and O–H groups in total. The molecule has 2 aromatic heterocycles. The predicted octanol–water partition coefficient (Wildman–Crippen LogP) is 5.64. The number of carboxylic acid groups (broad SMARTS) is 1. The molecule has 0 fully saturated rings. The SMILES string of the molecule is CCn1nc(-c2cccc(-c3ccc(C(=O)O)cc3)c2)cc(NC(=O)Nc2c(Cl)cncc2Cl)c1=O. The first-order chi connectivity index (χ1) is 17.3. The molecule has 0 saturated heterocycles. The first-order valence-electron chi connectivity index (χ1n) is 10.7. The van der Waals surface area contributed by atoms with Gasteiger partial charge in [0.15, 0.2) is 0 Å². The smallest absolute Gasteiger partial charge is 0.335 e. The van der Waals surface area contributed by atoms with Crippen LogP contribution in [-0.2, 0) is 6.54 Å². The molecule has 2 aromatic carbocycles. The minimum atomic E-state index is -1.00. The Balaban J connectivity index is 1.66. The molecule has 9 nitrogen and oxygen atoms in total. The fourth-order valence-electron chi connectivity index (χ4n) is 3.45. The molecule has 0 aliphatic rings. The highest BCUT2D eigenvalue weighted by Gasteiger charge is 2.15. The van der Waals surface area contributed by atoms with Crippen molar-refractivity contribution in [3.05, 3.63) is 93.0 Å². The van der Waals surface area contributed by atoms with Gasteiger partial charge in [0.2, 0.25) is 0 Å². The summed E-state index contributed by atoms with van der Waals surface area (Å²) in [7, 11) is 0. The lowest BCUT2D eigenvalue weighted by molar-refractivity contribution is 0.0697. The average molecular weight is 524 g/mol. The van der Waals surface area contributed by atoms with Gasteiger partial charge in [0.25, 0.3) is 5.56 Å². The molecule has 2 amide bonds. The molecule has 182 valence electrons. The van der Waals surface area contributed by atoms with E-state index >= 15 is 0 Å². The topological polar surface area (TPSA) is 126 Å². The molecule has 0 saturated carbocycles. The third-order valence-corrected chi connectivity index (χ3v) is 5.81. The third kappa shape index (κ3) is 5.37. The number of carbonyl (C=O) groups is 2. The summed E-state index contributed by atoms with van der Waals surface area (Å²) in [6.07, 6.45) is 2.67. The van der Waals surface area contributed by atoms with Crippen LogP contribution >= 0.6 is 23.2 Å². The minimum Gasteiger partial charge on any atom is -0.478 e. The summed E-state index contributed by atoms with van der Waals surface area (Å²) in [4.78, 5) is 40.4. The van der Waals surface area contributed by atoms with Crippen LogP contribution in [0.4, 0.5) is 16.2 Å². The number of nitrogens with zero attached hydrogens (tertiary/aromatic N) is 3. The highest BCUT2D eigenvalue weighted by molar-refractivity contribution is 6.39. The number of aromatic carboxylic acids is 1. The summed E-state index contributed by atoms with van der Waals surface area (Å²) in [5.41, 5.74) is 2.67. The number of carbonyl (C=O) groups excluding carboxylic acids is 1. The van der Waals surface area contributed by atoms with E-state index in [1.54, 1.807) is 19.1 Å². The Kier molecular flexibility index (Phi) is 7.33. The number of hydrogen-bond donors (Lipinski definition) is 3. The summed E-state index contributed by atoms with van der Waals surface area (Å²) >= 11 is 12.1. The Hall–Kier alpha value is -4.21. The van der Waals surface area contributed by atoms with Gasteiger partial charge in [-0.25, -0.2) is 14.3 Å². The van der Waals surface area contributed by atoms with Crippen LogP contribution in [0.25, 0.3) is 22.4 Å². The zero-order valence-electron chi connectivity index (χ0n) is 18.8. The number of rotatable bonds is 6. The molecule has 36 heavy (non-hydrogen) atoms. The van der Waals surface area contributed by atoms with Gasteiger partial charge in [-0.3, -0.25) is 9.78 Å². The molecule has 11 heteroatoms. The van der Waals surface area contributed by atoms with Gasteiger partial charge in [0.1, 0.15) is 5.69 Å². The fourth-order valence-corrected chi connectivity index (χ4v) is 3.91. The Morgan fingerprint density at radius 1 is 0.944 bits per heavy atom. The van der Waals surface area contributed by atoms with Gasteiger partial charge in [-0.2, -0.15) is 5.10 Å². The van der Waals surface area contributed by atoms with Gasteiger partial charge >= 0.3 is 12.0 Å². The molecular formula is C25H19Cl2N5O4. The van der Waals surface area contributed by atoms with E-state index in [9.17, 15) is 14.4 Å². The van der Waals surface area contributed by atoms with Crippen molar-refractivity contribution in [3.63, 3.8) is 0 Å². The summed E-state index contributed by atoms with van der Waals surface area (Å²) in [6.45, 7) is 2.04. The Bertz CT molecular complexity index is 1500. The second-order valence-corrected chi connectivity index (χ2v) is 8.40. The minimum absolute atomic E-state index is 0.0110. The van der Waals surface area contributed by atoms with E-state index in [1.807, 2.05) is 24.3 Å². The maximum Gasteiger partial charge on any atom is 0.335 e. The first kappa shape index (κ1) is 24.9. The van der Waals surface area contributed by atoms with Gasteiger partial charge in [-0.15, -0.1) is 0 Å². The van der Waals surface area contributed by atoms with Gasteiger partial charge in [-0.1, -0.05) is 53.5 Å². The molecule has 4 aromatic rings. The number of aromatic nitrogens is 3. The van der Waals surface area contributed by atoms with E-state index in [4.69, 9.17) is 28.3 Å². The lowest BCUT2D eigenvalue weighted by Crippen LogP contribution is -2.29. The van der Waals surface area contributed by atoms with Gasteiger partial charge < -0.3 is 15.7 Å². The van der Waals surface area contributed by atoms with Gasteiger partial charge in [-0.05, 0) is 42.3 Å². The van der Waals surface area contributed by atoms with Crippen LogP contribution < -0.4 is 16.2 Å². The van der Waals surface area contributed by atoms with Crippen LogP contribution in [-0.4, -0.2) is 31.9 Å². The van der Waals surface area contributed by atoms with E-state index in [1.165, 1.54) is 35.3 Å². The molecule has 2 heterocycles. The molecule has 0 bridgehead atoms. The van der Waals surface area contributed by atoms with Crippen molar-refractivity contribution in [2.45, 2.75) is 13.5 Å². The van der Waals surface area contributed by atoms with Crippen molar-refractivity contribution in [2.24, 2.45) is 0 Å². The summed E-state index contributed by atoms with van der Waals surface area (Å²) < 4.78 is 1.24. The highest BCUT2D eigenvalue weighted by atomic mass is 35.5. The zero-order chi connectivity index (χ0) is 25.8.